The highest BCUT2D eigenvalue weighted by Gasteiger charge is 2.02. The zero-order valence-corrected chi connectivity index (χ0v) is 10.3. The number of aliphatic hydroxyl groups excluding tert-OH is 1. The van der Waals surface area contributed by atoms with Crippen LogP contribution in [0.5, 0.6) is 0 Å². The van der Waals surface area contributed by atoms with Gasteiger partial charge < -0.3 is 5.11 Å². The lowest BCUT2D eigenvalue weighted by Crippen LogP contribution is -1.99. The van der Waals surface area contributed by atoms with Crippen LogP contribution in [-0.4, -0.2) is 17.5 Å². The van der Waals surface area contributed by atoms with E-state index in [4.69, 9.17) is 5.11 Å². The van der Waals surface area contributed by atoms with E-state index in [2.05, 4.69) is 13.8 Å². The first-order chi connectivity index (χ1) is 7.16. The van der Waals surface area contributed by atoms with E-state index in [1.165, 1.54) is 0 Å². The summed E-state index contributed by atoms with van der Waals surface area (Å²) >= 11 is 0. The normalized spacial score (nSPS) is 10.9. The molecular weight excluding hydrogens is 188 g/mol. The second kappa shape index (κ2) is 10.2. The Morgan fingerprint density at radius 3 is 2.20 bits per heavy atom. The lowest BCUT2D eigenvalue weighted by atomic mass is 10.0. The van der Waals surface area contributed by atoms with E-state index in [1.54, 1.807) is 0 Å². The van der Waals surface area contributed by atoms with E-state index < -0.39 is 0 Å². The topological polar surface area (TPSA) is 37.3 Å². The summed E-state index contributed by atoms with van der Waals surface area (Å²) in [5.74, 6) is 1.13. The molecule has 2 nitrogen and oxygen atoms in total. The summed E-state index contributed by atoms with van der Waals surface area (Å²) in [4.78, 5) is 11.4. The molecule has 0 atom stereocenters. The van der Waals surface area contributed by atoms with Crippen molar-refractivity contribution in [2.75, 3.05) is 6.61 Å². The number of aliphatic hydroxyl groups is 1. The van der Waals surface area contributed by atoms with Crippen LogP contribution in [0.1, 0.15) is 65.2 Å². The van der Waals surface area contributed by atoms with Crippen molar-refractivity contribution < 1.29 is 9.90 Å². The largest absolute Gasteiger partial charge is 0.396 e. The van der Waals surface area contributed by atoms with E-state index in [0.29, 0.717) is 11.7 Å². The third kappa shape index (κ3) is 11.6. The molecule has 90 valence electrons. The maximum atomic E-state index is 11.4. The molecule has 1 N–H and O–H groups in total. The third-order valence-corrected chi connectivity index (χ3v) is 2.60. The molecule has 0 aromatic carbocycles. The number of hydrogen-bond acceptors (Lipinski definition) is 2. The molecule has 15 heavy (non-hydrogen) atoms. The Morgan fingerprint density at radius 2 is 1.60 bits per heavy atom. The van der Waals surface area contributed by atoms with Crippen molar-refractivity contribution in [1.29, 1.82) is 0 Å². The van der Waals surface area contributed by atoms with Crippen molar-refractivity contribution in [3.05, 3.63) is 0 Å². The Bertz CT molecular complexity index is 153. The van der Waals surface area contributed by atoms with Gasteiger partial charge in [0.05, 0.1) is 0 Å². The van der Waals surface area contributed by atoms with Crippen LogP contribution < -0.4 is 0 Å². The molecule has 0 aliphatic carbocycles. The van der Waals surface area contributed by atoms with Gasteiger partial charge in [0.25, 0.3) is 0 Å². The first-order valence-corrected chi connectivity index (χ1v) is 6.29. The summed E-state index contributed by atoms with van der Waals surface area (Å²) < 4.78 is 0. The number of rotatable bonds is 10. The van der Waals surface area contributed by atoms with Crippen molar-refractivity contribution in [3.8, 4) is 0 Å². The second-order valence-corrected chi connectivity index (χ2v) is 4.71. The molecule has 0 aromatic rings. The fourth-order valence-corrected chi connectivity index (χ4v) is 1.62. The Balaban J connectivity index is 3.19. The predicted octanol–water partition coefficient (Wildman–Crippen LogP) is 3.32. The zero-order chi connectivity index (χ0) is 11.5. The quantitative estimate of drug-likeness (QED) is 0.566. The fraction of sp³-hybridized carbons (Fsp3) is 0.923. The van der Waals surface area contributed by atoms with Crippen LogP contribution in [0.15, 0.2) is 0 Å². The van der Waals surface area contributed by atoms with E-state index >= 15 is 0 Å². The fourth-order valence-electron chi connectivity index (χ4n) is 1.62. The highest BCUT2D eigenvalue weighted by Crippen LogP contribution is 2.10. The van der Waals surface area contributed by atoms with Gasteiger partial charge in [-0.1, -0.05) is 33.1 Å². The molecular formula is C13H26O2. The van der Waals surface area contributed by atoms with Crippen molar-refractivity contribution >= 4 is 5.78 Å². The van der Waals surface area contributed by atoms with Gasteiger partial charge in [-0.25, -0.2) is 0 Å². The molecule has 0 saturated carbocycles. The molecule has 2 heteroatoms. The second-order valence-electron chi connectivity index (χ2n) is 4.71. The highest BCUT2D eigenvalue weighted by molar-refractivity contribution is 5.78. The Labute approximate surface area is 94.1 Å². The van der Waals surface area contributed by atoms with Gasteiger partial charge in [-0.2, -0.15) is 0 Å². The minimum Gasteiger partial charge on any atom is -0.396 e. The van der Waals surface area contributed by atoms with Gasteiger partial charge in [-0.15, -0.1) is 0 Å². The molecule has 0 heterocycles. The Kier molecular flexibility index (Phi) is 9.91. The standard InChI is InChI=1S/C13H26O2/c1-12(2)8-7-10-13(15)9-5-3-4-6-11-14/h12,14H,3-11H2,1-2H3. The average Bonchev–Trinajstić information content (AvgIpc) is 2.17. The Hall–Kier alpha value is -0.370. The van der Waals surface area contributed by atoms with Gasteiger partial charge >= 0.3 is 0 Å². The van der Waals surface area contributed by atoms with Crippen LogP contribution in [0.4, 0.5) is 0 Å². The first kappa shape index (κ1) is 14.6. The number of carbonyl (C=O) groups is 1. The van der Waals surface area contributed by atoms with E-state index in [9.17, 15) is 4.79 Å². The van der Waals surface area contributed by atoms with Crippen LogP contribution in [0, 0.1) is 5.92 Å². The molecule has 0 rings (SSSR count). The monoisotopic (exact) mass is 214 g/mol. The number of Topliss-reactive ketones (excluding diaryl/α,β-unsaturated/α-hetero) is 1. The van der Waals surface area contributed by atoms with Crippen LogP contribution >= 0.6 is 0 Å². The number of ketones is 1. The van der Waals surface area contributed by atoms with Crippen molar-refractivity contribution in [2.24, 2.45) is 5.92 Å². The molecule has 0 bridgehead atoms. The predicted molar refractivity (Wildman–Crippen MR) is 63.9 cm³/mol. The summed E-state index contributed by atoms with van der Waals surface area (Å²) in [6.45, 7) is 4.67. The van der Waals surface area contributed by atoms with Crippen LogP contribution in [0.2, 0.25) is 0 Å². The van der Waals surface area contributed by atoms with Crippen molar-refractivity contribution in [3.63, 3.8) is 0 Å². The molecule has 0 radical (unpaired) electrons. The lowest BCUT2D eigenvalue weighted by Gasteiger charge is -2.03. The summed E-state index contributed by atoms with van der Waals surface area (Å²) in [6.07, 6.45) is 7.72. The summed E-state index contributed by atoms with van der Waals surface area (Å²) in [5.41, 5.74) is 0. The number of carbonyl (C=O) groups excluding carboxylic acids is 1. The van der Waals surface area contributed by atoms with E-state index in [0.717, 1.165) is 51.4 Å². The van der Waals surface area contributed by atoms with E-state index in [1.807, 2.05) is 0 Å². The van der Waals surface area contributed by atoms with Gasteiger partial charge in [-0.05, 0) is 25.2 Å². The maximum Gasteiger partial charge on any atom is 0.132 e. The average molecular weight is 214 g/mol. The van der Waals surface area contributed by atoms with Crippen molar-refractivity contribution in [2.45, 2.75) is 65.2 Å². The van der Waals surface area contributed by atoms with Gasteiger partial charge in [0, 0.05) is 19.4 Å². The van der Waals surface area contributed by atoms with Gasteiger partial charge in [0.1, 0.15) is 5.78 Å². The maximum absolute atomic E-state index is 11.4. The molecule has 0 aliphatic heterocycles. The van der Waals surface area contributed by atoms with Gasteiger partial charge in [0.2, 0.25) is 0 Å². The van der Waals surface area contributed by atoms with Crippen LogP contribution in [0.25, 0.3) is 0 Å². The number of hydrogen-bond donors (Lipinski definition) is 1. The van der Waals surface area contributed by atoms with Crippen LogP contribution in [-0.2, 0) is 4.79 Å². The molecule has 0 saturated heterocycles. The molecule has 0 aliphatic rings. The molecule has 0 aromatic heterocycles. The van der Waals surface area contributed by atoms with Crippen LogP contribution in [0.3, 0.4) is 0 Å². The Morgan fingerprint density at radius 1 is 1.00 bits per heavy atom. The summed E-state index contributed by atoms with van der Waals surface area (Å²) in [7, 11) is 0. The van der Waals surface area contributed by atoms with E-state index in [-0.39, 0.29) is 6.61 Å². The van der Waals surface area contributed by atoms with Gasteiger partial charge in [0.15, 0.2) is 0 Å². The molecule has 0 unspecified atom stereocenters. The number of unbranched alkanes of at least 4 members (excludes halogenated alkanes) is 3. The summed E-state index contributed by atoms with van der Waals surface area (Å²) in [6, 6.07) is 0. The van der Waals surface area contributed by atoms with Crippen molar-refractivity contribution in [1.82, 2.24) is 0 Å². The SMILES string of the molecule is CC(C)CCCC(=O)CCCCCCO. The first-order valence-electron chi connectivity index (χ1n) is 6.29. The smallest absolute Gasteiger partial charge is 0.132 e. The molecule has 0 amide bonds. The molecule has 0 spiro atoms. The lowest BCUT2D eigenvalue weighted by molar-refractivity contribution is -0.119. The third-order valence-electron chi connectivity index (χ3n) is 2.60. The highest BCUT2D eigenvalue weighted by atomic mass is 16.2. The molecule has 0 fully saturated rings. The van der Waals surface area contributed by atoms with Gasteiger partial charge in [-0.3, -0.25) is 4.79 Å². The summed E-state index contributed by atoms with van der Waals surface area (Å²) in [5, 5.41) is 8.58. The minimum atomic E-state index is 0.280. The minimum absolute atomic E-state index is 0.280. The zero-order valence-electron chi connectivity index (χ0n) is 10.3.